The molecule has 0 aromatic carbocycles. The summed E-state index contributed by atoms with van der Waals surface area (Å²) in [6, 6.07) is 0. The van der Waals surface area contributed by atoms with Crippen molar-refractivity contribution in [3.05, 3.63) is 23.3 Å². The Kier molecular flexibility index (Phi) is 11.2. The van der Waals surface area contributed by atoms with Crippen LogP contribution in [0.4, 0.5) is 0 Å². The molecule has 0 amide bonds. The Bertz CT molecular complexity index is 248. The van der Waals surface area contributed by atoms with Gasteiger partial charge in [0, 0.05) is 6.54 Å². The summed E-state index contributed by atoms with van der Waals surface area (Å²) < 4.78 is 0. The molecule has 0 fully saturated rings. The predicted octanol–water partition coefficient (Wildman–Crippen LogP) is 5.10. The van der Waals surface area contributed by atoms with E-state index in [1.54, 1.807) is 5.57 Å². The molecule has 0 bridgehead atoms. The van der Waals surface area contributed by atoms with Crippen LogP contribution in [-0.2, 0) is 0 Å². The van der Waals surface area contributed by atoms with Gasteiger partial charge in [0.05, 0.1) is 0 Å². The van der Waals surface area contributed by atoms with Crippen molar-refractivity contribution in [3.8, 4) is 0 Å². The molecular weight excluding hydrogens is 218 g/mol. The monoisotopic (exact) mass is 251 g/mol. The van der Waals surface area contributed by atoms with Crippen LogP contribution in [0.1, 0.15) is 66.2 Å². The molecule has 1 nitrogen and oxygen atoms in total. The lowest BCUT2D eigenvalue weighted by Crippen LogP contribution is -2.11. The van der Waals surface area contributed by atoms with Gasteiger partial charge in [-0.15, -0.1) is 0 Å². The molecule has 1 N–H and O–H groups in total. The van der Waals surface area contributed by atoms with Gasteiger partial charge in [0.25, 0.3) is 0 Å². The molecule has 0 atom stereocenters. The third-order valence-electron chi connectivity index (χ3n) is 3.34. The van der Waals surface area contributed by atoms with Gasteiger partial charge in [0.2, 0.25) is 0 Å². The first-order valence-corrected chi connectivity index (χ1v) is 7.58. The largest absolute Gasteiger partial charge is 0.316 e. The third kappa shape index (κ3) is 10.6. The van der Waals surface area contributed by atoms with E-state index in [1.165, 1.54) is 44.1 Å². The third-order valence-corrected chi connectivity index (χ3v) is 3.34. The molecule has 0 aromatic heterocycles. The van der Waals surface area contributed by atoms with Crippen LogP contribution < -0.4 is 5.32 Å². The van der Waals surface area contributed by atoms with Crippen LogP contribution in [0.2, 0.25) is 0 Å². The van der Waals surface area contributed by atoms with Crippen LogP contribution in [0, 0.1) is 5.92 Å². The summed E-state index contributed by atoms with van der Waals surface area (Å²) in [5.74, 6) is 0.806. The Hall–Kier alpha value is -0.560. The van der Waals surface area contributed by atoms with E-state index < -0.39 is 0 Å². The van der Waals surface area contributed by atoms with Gasteiger partial charge in [0.15, 0.2) is 0 Å². The first-order valence-electron chi connectivity index (χ1n) is 7.58. The standard InChI is InChI=1S/C17H33N/c1-6-16(4)10-8-7-9-11-17(14-18-5)13-12-15(2)3/h10-11,15,18H,6-9,12-14H2,1-5H3. The highest BCUT2D eigenvalue weighted by atomic mass is 14.8. The van der Waals surface area contributed by atoms with Gasteiger partial charge in [0.1, 0.15) is 0 Å². The summed E-state index contributed by atoms with van der Waals surface area (Å²) >= 11 is 0. The van der Waals surface area contributed by atoms with Crippen LogP contribution in [0.5, 0.6) is 0 Å². The normalized spacial score (nSPS) is 13.4. The maximum atomic E-state index is 3.28. The number of nitrogens with one attached hydrogen (secondary N) is 1. The summed E-state index contributed by atoms with van der Waals surface area (Å²) in [4.78, 5) is 0. The smallest absolute Gasteiger partial charge is 0.0161 e. The van der Waals surface area contributed by atoms with Crippen LogP contribution >= 0.6 is 0 Å². The molecule has 0 aliphatic rings. The summed E-state index contributed by atoms with van der Waals surface area (Å²) in [7, 11) is 2.04. The minimum absolute atomic E-state index is 0.806. The van der Waals surface area contributed by atoms with Gasteiger partial charge in [-0.05, 0) is 58.4 Å². The molecule has 0 saturated heterocycles. The predicted molar refractivity (Wildman–Crippen MR) is 84.0 cm³/mol. The highest BCUT2D eigenvalue weighted by Gasteiger charge is 1.99. The SMILES string of the molecule is CCC(C)=CCCCC=C(CCC(C)C)CNC. The minimum Gasteiger partial charge on any atom is -0.316 e. The van der Waals surface area contributed by atoms with Gasteiger partial charge in [-0.25, -0.2) is 0 Å². The number of allylic oxidation sites excluding steroid dienone is 3. The highest BCUT2D eigenvalue weighted by molar-refractivity contribution is 5.04. The van der Waals surface area contributed by atoms with Crippen molar-refractivity contribution in [2.45, 2.75) is 66.2 Å². The molecule has 0 spiro atoms. The molecular formula is C17H33N. The van der Waals surface area contributed by atoms with Crippen molar-refractivity contribution in [1.29, 1.82) is 0 Å². The van der Waals surface area contributed by atoms with Crippen LogP contribution in [0.3, 0.4) is 0 Å². The average Bonchev–Trinajstić information content (AvgIpc) is 2.34. The molecule has 1 heteroatoms. The molecule has 106 valence electrons. The van der Waals surface area contributed by atoms with E-state index in [9.17, 15) is 0 Å². The van der Waals surface area contributed by atoms with Crippen molar-refractivity contribution in [2.24, 2.45) is 5.92 Å². The fourth-order valence-corrected chi connectivity index (χ4v) is 1.88. The van der Waals surface area contributed by atoms with E-state index in [0.717, 1.165) is 12.5 Å². The molecule has 0 aliphatic carbocycles. The van der Waals surface area contributed by atoms with E-state index in [0.29, 0.717) is 0 Å². The summed E-state index contributed by atoms with van der Waals surface area (Å²) in [5, 5.41) is 3.28. The molecule has 0 radical (unpaired) electrons. The second-order valence-corrected chi connectivity index (χ2v) is 5.66. The molecule has 18 heavy (non-hydrogen) atoms. The van der Waals surface area contributed by atoms with E-state index in [4.69, 9.17) is 0 Å². The minimum atomic E-state index is 0.806. The Morgan fingerprint density at radius 3 is 2.39 bits per heavy atom. The molecule has 0 rings (SSSR count). The van der Waals surface area contributed by atoms with Gasteiger partial charge >= 0.3 is 0 Å². The second kappa shape index (κ2) is 11.5. The van der Waals surface area contributed by atoms with E-state index in [-0.39, 0.29) is 0 Å². The Balaban J connectivity index is 3.92. The van der Waals surface area contributed by atoms with Gasteiger partial charge in [-0.3, -0.25) is 0 Å². The second-order valence-electron chi connectivity index (χ2n) is 5.66. The zero-order valence-corrected chi connectivity index (χ0v) is 13.2. The van der Waals surface area contributed by atoms with Crippen LogP contribution in [-0.4, -0.2) is 13.6 Å². The van der Waals surface area contributed by atoms with Crippen molar-refractivity contribution in [1.82, 2.24) is 5.32 Å². The van der Waals surface area contributed by atoms with Crippen LogP contribution in [0.25, 0.3) is 0 Å². The average molecular weight is 251 g/mol. The fourth-order valence-electron chi connectivity index (χ4n) is 1.88. The number of unbranched alkanes of at least 4 members (excludes halogenated alkanes) is 2. The molecule has 0 unspecified atom stereocenters. The fraction of sp³-hybridized carbons (Fsp3) is 0.765. The number of hydrogen-bond donors (Lipinski definition) is 1. The summed E-state index contributed by atoms with van der Waals surface area (Å²) in [5.41, 5.74) is 3.11. The van der Waals surface area contributed by atoms with E-state index in [1.807, 2.05) is 7.05 Å². The molecule has 0 heterocycles. The Morgan fingerprint density at radius 1 is 1.17 bits per heavy atom. The lowest BCUT2D eigenvalue weighted by atomic mass is 10.0. The Morgan fingerprint density at radius 2 is 1.83 bits per heavy atom. The number of rotatable bonds is 10. The zero-order chi connectivity index (χ0) is 13.8. The van der Waals surface area contributed by atoms with E-state index >= 15 is 0 Å². The lowest BCUT2D eigenvalue weighted by Gasteiger charge is -2.09. The van der Waals surface area contributed by atoms with Crippen molar-refractivity contribution >= 4 is 0 Å². The molecule has 0 aliphatic heterocycles. The summed E-state index contributed by atoms with van der Waals surface area (Å²) in [6.07, 6.45) is 12.3. The summed E-state index contributed by atoms with van der Waals surface area (Å²) in [6.45, 7) is 10.1. The Labute approximate surface area is 115 Å². The van der Waals surface area contributed by atoms with Crippen molar-refractivity contribution < 1.29 is 0 Å². The first-order chi connectivity index (χ1) is 8.60. The maximum absolute atomic E-state index is 3.28. The molecule has 0 aromatic rings. The van der Waals surface area contributed by atoms with Crippen LogP contribution in [0.15, 0.2) is 23.3 Å². The highest BCUT2D eigenvalue weighted by Crippen LogP contribution is 2.13. The first kappa shape index (κ1) is 17.4. The number of likely N-dealkylation sites (N-methyl/N-ethyl adjacent to an activating group) is 1. The zero-order valence-electron chi connectivity index (χ0n) is 13.2. The maximum Gasteiger partial charge on any atom is 0.0161 e. The topological polar surface area (TPSA) is 12.0 Å². The van der Waals surface area contributed by atoms with Gasteiger partial charge in [-0.2, -0.15) is 0 Å². The quantitative estimate of drug-likeness (QED) is 0.421. The number of hydrogen-bond acceptors (Lipinski definition) is 1. The van der Waals surface area contributed by atoms with Crippen molar-refractivity contribution in [3.63, 3.8) is 0 Å². The lowest BCUT2D eigenvalue weighted by molar-refractivity contribution is 0.576. The van der Waals surface area contributed by atoms with Crippen molar-refractivity contribution in [2.75, 3.05) is 13.6 Å². The van der Waals surface area contributed by atoms with Gasteiger partial charge in [-0.1, -0.05) is 44.1 Å². The van der Waals surface area contributed by atoms with E-state index in [2.05, 4.69) is 45.2 Å². The van der Waals surface area contributed by atoms with Gasteiger partial charge < -0.3 is 5.32 Å². The molecule has 0 saturated carbocycles.